The van der Waals surface area contributed by atoms with Gasteiger partial charge in [0.2, 0.25) is 12.7 Å². The average molecular weight is 367 g/mol. The van der Waals surface area contributed by atoms with E-state index in [4.69, 9.17) is 15.2 Å². The molecule has 0 aliphatic carbocycles. The number of carbonyl (C=O) groups excluding carboxylic acids is 1. The maximum Gasteiger partial charge on any atom is 0.231 e. The number of aromatic nitrogens is 2. The van der Waals surface area contributed by atoms with Crippen molar-refractivity contribution < 1.29 is 14.3 Å². The van der Waals surface area contributed by atoms with E-state index >= 15 is 0 Å². The first-order valence-electron chi connectivity index (χ1n) is 8.21. The molecule has 3 rings (SSSR count). The second-order valence-electron chi connectivity index (χ2n) is 5.73. The van der Waals surface area contributed by atoms with Gasteiger partial charge in [0.15, 0.2) is 11.5 Å². The van der Waals surface area contributed by atoms with Gasteiger partial charge in [0.05, 0.1) is 6.20 Å². The summed E-state index contributed by atoms with van der Waals surface area (Å²) in [6, 6.07) is 5.66. The van der Waals surface area contributed by atoms with Crippen LogP contribution >= 0.6 is 12.4 Å². The quantitative estimate of drug-likeness (QED) is 0.623. The van der Waals surface area contributed by atoms with Gasteiger partial charge in [-0.05, 0) is 37.1 Å². The summed E-state index contributed by atoms with van der Waals surface area (Å²) >= 11 is 0. The maximum absolute atomic E-state index is 12.1. The zero-order valence-electron chi connectivity index (χ0n) is 13.9. The van der Waals surface area contributed by atoms with Crippen molar-refractivity contribution in [3.05, 3.63) is 24.4 Å². The first kappa shape index (κ1) is 19.1. The number of halogens is 1. The Morgan fingerprint density at radius 1 is 1.20 bits per heavy atom. The van der Waals surface area contributed by atoms with Gasteiger partial charge >= 0.3 is 0 Å². The smallest absolute Gasteiger partial charge is 0.231 e. The second-order valence-corrected chi connectivity index (χ2v) is 5.73. The Balaban J connectivity index is 0.00000225. The van der Waals surface area contributed by atoms with Crippen LogP contribution in [0.1, 0.15) is 32.1 Å². The fourth-order valence-corrected chi connectivity index (χ4v) is 2.65. The molecule has 2 aromatic rings. The van der Waals surface area contributed by atoms with Crippen LogP contribution in [0, 0.1) is 0 Å². The SMILES string of the molecule is Cl.NCCCCCCC(=O)Nc1[nH]ncc1-c1ccc2c(c1)OCO2. The van der Waals surface area contributed by atoms with Crippen molar-refractivity contribution in [2.75, 3.05) is 18.7 Å². The molecule has 7 nitrogen and oxygen atoms in total. The number of carbonyl (C=O) groups is 1. The number of nitrogens with two attached hydrogens (primary N) is 1. The highest BCUT2D eigenvalue weighted by Gasteiger charge is 2.17. The Hall–Kier alpha value is -2.25. The van der Waals surface area contributed by atoms with Crippen LogP contribution in [0.2, 0.25) is 0 Å². The number of benzene rings is 1. The highest BCUT2D eigenvalue weighted by atomic mass is 35.5. The van der Waals surface area contributed by atoms with E-state index < -0.39 is 0 Å². The van der Waals surface area contributed by atoms with E-state index in [1.54, 1.807) is 6.20 Å². The van der Waals surface area contributed by atoms with Crippen LogP contribution in [-0.4, -0.2) is 29.4 Å². The molecular formula is C17H23ClN4O3. The highest BCUT2D eigenvalue weighted by molar-refractivity contribution is 5.94. The van der Waals surface area contributed by atoms with E-state index in [2.05, 4.69) is 15.5 Å². The standard InChI is InChI=1S/C17H22N4O3.ClH/c18-8-4-2-1-3-5-16(22)20-17-13(10-19-21-17)12-6-7-14-15(9-12)24-11-23-14;/h6-7,9-10H,1-5,8,11,18H2,(H2,19,20,21,22);1H. The molecule has 0 radical (unpaired) electrons. The van der Waals surface area contributed by atoms with Crippen LogP contribution < -0.4 is 20.5 Å². The lowest BCUT2D eigenvalue weighted by atomic mass is 10.1. The van der Waals surface area contributed by atoms with Gasteiger partial charge in [-0.1, -0.05) is 18.9 Å². The number of H-pyrrole nitrogens is 1. The maximum atomic E-state index is 12.1. The lowest BCUT2D eigenvalue weighted by Crippen LogP contribution is -2.12. The molecule has 0 saturated carbocycles. The molecule has 1 aliphatic heterocycles. The molecule has 1 amide bonds. The summed E-state index contributed by atoms with van der Waals surface area (Å²) in [4.78, 5) is 12.1. The summed E-state index contributed by atoms with van der Waals surface area (Å²) in [7, 11) is 0. The molecule has 0 saturated heterocycles. The molecular weight excluding hydrogens is 344 g/mol. The number of fused-ring (bicyclic) bond motifs is 1. The fourth-order valence-electron chi connectivity index (χ4n) is 2.65. The number of aromatic amines is 1. The number of amides is 1. The Morgan fingerprint density at radius 2 is 2.00 bits per heavy atom. The van der Waals surface area contributed by atoms with E-state index in [-0.39, 0.29) is 25.1 Å². The monoisotopic (exact) mass is 366 g/mol. The molecule has 8 heteroatoms. The minimum atomic E-state index is -0.0195. The largest absolute Gasteiger partial charge is 0.454 e. The first-order valence-corrected chi connectivity index (χ1v) is 8.21. The summed E-state index contributed by atoms with van der Waals surface area (Å²) in [6.07, 6.45) is 6.13. The highest BCUT2D eigenvalue weighted by Crippen LogP contribution is 2.37. The van der Waals surface area contributed by atoms with Crippen molar-refractivity contribution >= 4 is 24.1 Å². The zero-order chi connectivity index (χ0) is 16.8. The minimum Gasteiger partial charge on any atom is -0.454 e. The fraction of sp³-hybridized carbons (Fsp3) is 0.412. The van der Waals surface area contributed by atoms with Crippen LogP contribution in [0.4, 0.5) is 5.82 Å². The molecule has 0 fully saturated rings. The van der Waals surface area contributed by atoms with Gasteiger partial charge in [-0.15, -0.1) is 12.4 Å². The molecule has 4 N–H and O–H groups in total. The predicted octanol–water partition coefficient (Wildman–Crippen LogP) is 3.07. The number of rotatable bonds is 8. The Morgan fingerprint density at radius 3 is 2.84 bits per heavy atom. The van der Waals surface area contributed by atoms with Crippen molar-refractivity contribution in [1.82, 2.24) is 10.2 Å². The summed E-state index contributed by atoms with van der Waals surface area (Å²) in [5.41, 5.74) is 7.19. The summed E-state index contributed by atoms with van der Waals surface area (Å²) in [5.74, 6) is 2.01. The van der Waals surface area contributed by atoms with Crippen LogP contribution in [0.25, 0.3) is 11.1 Å². The van der Waals surface area contributed by atoms with Crippen LogP contribution in [0.15, 0.2) is 24.4 Å². The molecule has 0 atom stereocenters. The van der Waals surface area contributed by atoms with Crippen LogP contribution in [-0.2, 0) is 4.79 Å². The van der Waals surface area contributed by atoms with Gasteiger partial charge in [0.1, 0.15) is 5.82 Å². The van der Waals surface area contributed by atoms with Gasteiger partial charge < -0.3 is 20.5 Å². The third kappa shape index (κ3) is 4.87. The van der Waals surface area contributed by atoms with Crippen molar-refractivity contribution in [3.63, 3.8) is 0 Å². The second kappa shape index (κ2) is 9.29. The molecule has 0 unspecified atom stereocenters. The Labute approximate surface area is 152 Å². The number of hydrogen-bond acceptors (Lipinski definition) is 5. The molecule has 136 valence electrons. The number of unbranched alkanes of at least 4 members (excludes halogenated alkanes) is 3. The summed E-state index contributed by atoms with van der Waals surface area (Å²) in [6.45, 7) is 0.942. The van der Waals surface area contributed by atoms with E-state index in [1.807, 2.05) is 18.2 Å². The van der Waals surface area contributed by atoms with Crippen molar-refractivity contribution in [2.45, 2.75) is 32.1 Å². The third-order valence-corrected chi connectivity index (χ3v) is 3.95. The topological polar surface area (TPSA) is 102 Å². The average Bonchev–Trinajstić information content (AvgIpc) is 3.22. The summed E-state index contributed by atoms with van der Waals surface area (Å²) < 4.78 is 10.7. The minimum absolute atomic E-state index is 0. The third-order valence-electron chi connectivity index (χ3n) is 3.95. The molecule has 1 aliphatic rings. The van der Waals surface area contributed by atoms with E-state index in [0.29, 0.717) is 24.5 Å². The van der Waals surface area contributed by atoms with E-state index in [1.165, 1.54) is 0 Å². The zero-order valence-corrected chi connectivity index (χ0v) is 14.7. The molecule has 0 spiro atoms. The van der Waals surface area contributed by atoms with Gasteiger partial charge in [0, 0.05) is 12.0 Å². The summed E-state index contributed by atoms with van der Waals surface area (Å²) in [5, 5.41) is 9.78. The van der Waals surface area contributed by atoms with Gasteiger partial charge in [-0.2, -0.15) is 5.10 Å². The Bertz CT molecular complexity index is 705. The molecule has 0 bridgehead atoms. The number of nitrogens with zero attached hydrogens (tertiary/aromatic N) is 1. The van der Waals surface area contributed by atoms with Crippen molar-refractivity contribution in [2.24, 2.45) is 5.73 Å². The van der Waals surface area contributed by atoms with Gasteiger partial charge in [-0.3, -0.25) is 9.89 Å². The lowest BCUT2D eigenvalue weighted by molar-refractivity contribution is -0.116. The van der Waals surface area contributed by atoms with Crippen molar-refractivity contribution in [3.8, 4) is 22.6 Å². The number of hydrogen-bond donors (Lipinski definition) is 3. The van der Waals surface area contributed by atoms with Crippen LogP contribution in [0.3, 0.4) is 0 Å². The number of ether oxygens (including phenoxy) is 2. The van der Waals surface area contributed by atoms with Crippen molar-refractivity contribution in [1.29, 1.82) is 0 Å². The first-order chi connectivity index (χ1) is 11.8. The lowest BCUT2D eigenvalue weighted by Gasteiger charge is -2.07. The van der Waals surface area contributed by atoms with Gasteiger partial charge in [0.25, 0.3) is 0 Å². The van der Waals surface area contributed by atoms with E-state index in [0.717, 1.165) is 42.6 Å². The predicted molar refractivity (Wildman–Crippen MR) is 98.2 cm³/mol. The molecule has 2 heterocycles. The molecule has 1 aromatic heterocycles. The van der Waals surface area contributed by atoms with Gasteiger partial charge in [-0.25, -0.2) is 0 Å². The normalized spacial score (nSPS) is 11.9. The van der Waals surface area contributed by atoms with Crippen LogP contribution in [0.5, 0.6) is 11.5 Å². The molecule has 25 heavy (non-hydrogen) atoms. The Kier molecular flexibility index (Phi) is 7.09. The van der Waals surface area contributed by atoms with E-state index in [9.17, 15) is 4.79 Å². The molecule has 1 aromatic carbocycles. The number of nitrogens with one attached hydrogen (secondary N) is 2. The number of anilines is 1.